The molecule has 0 N–H and O–H groups in total. The predicted octanol–water partition coefficient (Wildman–Crippen LogP) is 5.20. The van der Waals surface area contributed by atoms with Crippen LogP contribution in [0.5, 0.6) is 0 Å². The highest BCUT2D eigenvalue weighted by Gasteiger charge is 2.28. The lowest BCUT2D eigenvalue weighted by Crippen LogP contribution is -2.25. The van der Waals surface area contributed by atoms with Crippen LogP contribution in [0.2, 0.25) is 0 Å². The number of aryl methyl sites for hydroxylation is 1. The Labute approximate surface area is 113 Å². The van der Waals surface area contributed by atoms with Crippen LogP contribution in [0.3, 0.4) is 0 Å². The highest BCUT2D eigenvalue weighted by atomic mass is 14.3. The van der Waals surface area contributed by atoms with Gasteiger partial charge in [0.15, 0.2) is 0 Å². The first-order chi connectivity index (χ1) is 8.42. The average Bonchev–Trinajstić information content (AvgIpc) is 2.26. The fourth-order valence-electron chi connectivity index (χ4n) is 3.35. The van der Waals surface area contributed by atoms with E-state index in [9.17, 15) is 0 Å². The summed E-state index contributed by atoms with van der Waals surface area (Å²) < 4.78 is 0. The van der Waals surface area contributed by atoms with Crippen LogP contribution >= 0.6 is 0 Å². The molecule has 1 aliphatic carbocycles. The molecule has 18 heavy (non-hydrogen) atoms. The van der Waals surface area contributed by atoms with Gasteiger partial charge in [-0.3, -0.25) is 0 Å². The highest BCUT2D eigenvalue weighted by molar-refractivity contribution is 5.45. The standard InChI is InChI=1S/C18H28/c1-13(2)8-10-15-14(3)9-11-17-16(15)7-6-12-18(17,4)5/h9,11,13H,6-8,10,12H2,1-5H3. The van der Waals surface area contributed by atoms with Gasteiger partial charge in [0.25, 0.3) is 0 Å². The molecule has 0 aromatic heterocycles. The highest BCUT2D eigenvalue weighted by Crippen LogP contribution is 2.39. The summed E-state index contributed by atoms with van der Waals surface area (Å²) in [6.45, 7) is 11.8. The Hall–Kier alpha value is -0.780. The van der Waals surface area contributed by atoms with E-state index in [0.29, 0.717) is 5.41 Å². The van der Waals surface area contributed by atoms with E-state index >= 15 is 0 Å². The van der Waals surface area contributed by atoms with Crippen LogP contribution in [0.15, 0.2) is 12.1 Å². The third-order valence-electron chi connectivity index (χ3n) is 4.59. The van der Waals surface area contributed by atoms with Crippen molar-refractivity contribution in [3.8, 4) is 0 Å². The smallest absolute Gasteiger partial charge is 0.0101 e. The van der Waals surface area contributed by atoms with E-state index in [1.165, 1.54) is 37.7 Å². The molecule has 0 aliphatic heterocycles. The molecule has 0 heteroatoms. The molecule has 0 saturated heterocycles. The minimum atomic E-state index is 0.383. The average molecular weight is 244 g/mol. The summed E-state index contributed by atoms with van der Waals surface area (Å²) in [5.74, 6) is 0.803. The first-order valence-electron chi connectivity index (χ1n) is 7.53. The SMILES string of the molecule is Cc1ccc2c(c1CCC(C)C)CCCC2(C)C. The normalized spacial score (nSPS) is 17.9. The molecule has 0 nitrogen and oxygen atoms in total. The van der Waals surface area contributed by atoms with E-state index in [-0.39, 0.29) is 0 Å². The molecule has 0 spiro atoms. The summed E-state index contributed by atoms with van der Waals surface area (Å²) in [4.78, 5) is 0. The molecule has 100 valence electrons. The fourth-order valence-corrected chi connectivity index (χ4v) is 3.35. The van der Waals surface area contributed by atoms with Crippen LogP contribution in [0.1, 0.15) is 69.2 Å². The van der Waals surface area contributed by atoms with E-state index in [0.717, 1.165) is 5.92 Å². The van der Waals surface area contributed by atoms with Gasteiger partial charge in [0.05, 0.1) is 0 Å². The summed E-state index contributed by atoms with van der Waals surface area (Å²) in [6, 6.07) is 4.74. The Morgan fingerprint density at radius 2 is 1.94 bits per heavy atom. The van der Waals surface area contributed by atoms with Crippen molar-refractivity contribution in [2.45, 2.75) is 72.1 Å². The molecule has 0 saturated carbocycles. The Balaban J connectivity index is 2.40. The first-order valence-corrected chi connectivity index (χ1v) is 7.53. The number of fused-ring (bicyclic) bond motifs is 1. The van der Waals surface area contributed by atoms with Gasteiger partial charge < -0.3 is 0 Å². The van der Waals surface area contributed by atoms with Crippen molar-refractivity contribution in [2.24, 2.45) is 5.92 Å². The maximum atomic E-state index is 2.41. The third-order valence-corrected chi connectivity index (χ3v) is 4.59. The lowest BCUT2D eigenvalue weighted by molar-refractivity contribution is 0.429. The van der Waals surface area contributed by atoms with E-state index in [4.69, 9.17) is 0 Å². The fraction of sp³-hybridized carbons (Fsp3) is 0.667. The number of hydrogen-bond donors (Lipinski definition) is 0. The lowest BCUT2D eigenvalue weighted by Gasteiger charge is -2.34. The largest absolute Gasteiger partial charge is 0.0628 e. The van der Waals surface area contributed by atoms with Crippen molar-refractivity contribution in [3.63, 3.8) is 0 Å². The quantitative estimate of drug-likeness (QED) is 0.685. The van der Waals surface area contributed by atoms with Gasteiger partial charge in [-0.1, -0.05) is 39.8 Å². The van der Waals surface area contributed by atoms with Gasteiger partial charge in [-0.2, -0.15) is 0 Å². The Morgan fingerprint density at radius 1 is 1.22 bits per heavy atom. The molecule has 1 aromatic rings. The van der Waals surface area contributed by atoms with Crippen molar-refractivity contribution in [2.75, 3.05) is 0 Å². The van der Waals surface area contributed by atoms with Gasteiger partial charge in [0.1, 0.15) is 0 Å². The van der Waals surface area contributed by atoms with Crippen LogP contribution in [0, 0.1) is 12.8 Å². The molecule has 2 rings (SSSR count). The van der Waals surface area contributed by atoms with E-state index < -0.39 is 0 Å². The molecule has 0 unspecified atom stereocenters. The molecule has 0 radical (unpaired) electrons. The molecule has 1 aliphatic rings. The minimum absolute atomic E-state index is 0.383. The Morgan fingerprint density at radius 3 is 2.61 bits per heavy atom. The zero-order valence-electron chi connectivity index (χ0n) is 12.8. The van der Waals surface area contributed by atoms with Crippen molar-refractivity contribution in [3.05, 3.63) is 34.4 Å². The molecule has 0 amide bonds. The molecule has 0 bridgehead atoms. The van der Waals surface area contributed by atoms with Crippen LogP contribution in [0.4, 0.5) is 0 Å². The maximum Gasteiger partial charge on any atom is -0.0101 e. The van der Waals surface area contributed by atoms with Crippen molar-refractivity contribution in [1.29, 1.82) is 0 Å². The second kappa shape index (κ2) is 5.07. The Bertz CT molecular complexity index is 424. The van der Waals surface area contributed by atoms with Gasteiger partial charge in [-0.25, -0.2) is 0 Å². The topological polar surface area (TPSA) is 0 Å². The maximum absolute atomic E-state index is 2.41. The summed E-state index contributed by atoms with van der Waals surface area (Å²) in [6.07, 6.45) is 6.58. The summed E-state index contributed by atoms with van der Waals surface area (Å²) in [5.41, 5.74) is 6.86. The number of hydrogen-bond acceptors (Lipinski definition) is 0. The van der Waals surface area contributed by atoms with Crippen molar-refractivity contribution < 1.29 is 0 Å². The number of rotatable bonds is 3. The molecule has 0 atom stereocenters. The van der Waals surface area contributed by atoms with Gasteiger partial charge in [-0.15, -0.1) is 0 Å². The molecular formula is C18H28. The zero-order chi connectivity index (χ0) is 13.3. The van der Waals surface area contributed by atoms with E-state index in [1.807, 2.05) is 0 Å². The second-order valence-electron chi connectivity index (χ2n) is 7.06. The van der Waals surface area contributed by atoms with Crippen LogP contribution in [0.25, 0.3) is 0 Å². The van der Waals surface area contributed by atoms with Crippen molar-refractivity contribution in [1.82, 2.24) is 0 Å². The summed E-state index contributed by atoms with van der Waals surface area (Å²) in [7, 11) is 0. The molecular weight excluding hydrogens is 216 g/mol. The first kappa shape index (κ1) is 13.6. The number of benzene rings is 1. The predicted molar refractivity (Wildman–Crippen MR) is 80.3 cm³/mol. The van der Waals surface area contributed by atoms with Gasteiger partial charge in [-0.05, 0) is 72.6 Å². The van der Waals surface area contributed by atoms with Gasteiger partial charge >= 0.3 is 0 Å². The van der Waals surface area contributed by atoms with Gasteiger partial charge in [0, 0.05) is 0 Å². The monoisotopic (exact) mass is 244 g/mol. The van der Waals surface area contributed by atoms with Crippen LogP contribution < -0.4 is 0 Å². The van der Waals surface area contributed by atoms with Crippen molar-refractivity contribution >= 4 is 0 Å². The van der Waals surface area contributed by atoms with Crippen LogP contribution in [-0.4, -0.2) is 0 Å². The lowest BCUT2D eigenvalue weighted by atomic mass is 9.70. The molecule has 0 fully saturated rings. The second-order valence-corrected chi connectivity index (χ2v) is 7.06. The van der Waals surface area contributed by atoms with E-state index in [1.54, 1.807) is 16.7 Å². The van der Waals surface area contributed by atoms with E-state index in [2.05, 4.69) is 46.8 Å². The zero-order valence-corrected chi connectivity index (χ0v) is 12.8. The Kier molecular flexibility index (Phi) is 3.84. The summed E-state index contributed by atoms with van der Waals surface area (Å²) >= 11 is 0. The minimum Gasteiger partial charge on any atom is -0.0628 e. The summed E-state index contributed by atoms with van der Waals surface area (Å²) in [5, 5.41) is 0. The molecule has 1 aromatic carbocycles. The third kappa shape index (κ3) is 2.63. The van der Waals surface area contributed by atoms with Crippen LogP contribution in [-0.2, 0) is 18.3 Å². The van der Waals surface area contributed by atoms with Gasteiger partial charge in [0.2, 0.25) is 0 Å². The molecule has 0 heterocycles.